The zero-order chi connectivity index (χ0) is 4.83. The van der Waals surface area contributed by atoms with Gasteiger partial charge in [-0.25, -0.2) is 0 Å². The number of unbranched alkanes of at least 4 members (excludes halogenated alkanes) is 3. The van der Waals surface area contributed by atoms with Crippen molar-refractivity contribution >= 4 is 0 Å². The Morgan fingerprint density at radius 1 is 1.25 bits per heavy atom. The Balaban J connectivity index is -0.000000125. The third-order valence-electron chi connectivity index (χ3n) is 0.781. The van der Waals surface area contributed by atoms with Gasteiger partial charge in [0.1, 0.15) is 0 Å². The monoisotopic (exact) mass is 228 g/mol. The van der Waals surface area contributed by atoms with Crippen molar-refractivity contribution in [2.75, 3.05) is 0 Å². The van der Waals surface area contributed by atoms with Gasteiger partial charge in [0.2, 0.25) is 0 Å². The molecule has 0 aromatic heterocycles. The van der Waals surface area contributed by atoms with Gasteiger partial charge in [-0.1, -0.05) is 33.1 Å². The van der Waals surface area contributed by atoms with Crippen LogP contribution in [0.25, 0.3) is 0 Å². The zero-order valence-electron chi connectivity index (χ0n) is 5.78. The van der Waals surface area contributed by atoms with E-state index in [0.29, 0.717) is 0 Å². The van der Waals surface area contributed by atoms with Crippen LogP contribution in [0, 0.1) is 6.42 Å². The van der Waals surface area contributed by atoms with Crippen molar-refractivity contribution in [3.63, 3.8) is 0 Å². The summed E-state index contributed by atoms with van der Waals surface area (Å²) in [5.41, 5.74) is 0. The Hall–Kier alpha value is 1.10. The molecule has 0 fully saturated rings. The van der Waals surface area contributed by atoms with E-state index in [9.17, 15) is 0 Å². The summed E-state index contributed by atoms with van der Waals surface area (Å²) in [6.45, 7) is 4.38. The second kappa shape index (κ2) is 15.7. The summed E-state index contributed by atoms with van der Waals surface area (Å²) < 4.78 is 0. The van der Waals surface area contributed by atoms with Gasteiger partial charge in [-0.15, -0.1) is 0 Å². The molecule has 0 spiro atoms. The zero-order valence-corrected chi connectivity index (χ0v) is 10.3. The smallest absolute Gasteiger partial charge is 0 e. The van der Waals surface area contributed by atoms with Gasteiger partial charge in [0.25, 0.3) is 0 Å². The van der Waals surface area contributed by atoms with Gasteiger partial charge < -0.3 is 17.0 Å². The molecule has 0 aliphatic rings. The van der Waals surface area contributed by atoms with Gasteiger partial charge >= 0.3 is 0 Å². The molecule has 0 amide bonds. The topological polar surface area (TPSA) is 0 Å². The maximum absolute atomic E-state index is 2.31. The van der Waals surface area contributed by atoms with E-state index in [4.69, 9.17) is 0 Å². The van der Waals surface area contributed by atoms with E-state index in [1.807, 2.05) is 0 Å². The van der Waals surface area contributed by atoms with Crippen LogP contribution in [-0.2, 0) is 19.5 Å². The minimum absolute atomic E-state index is 0. The molecule has 0 nitrogen and oxygen atoms in total. The summed E-state index contributed by atoms with van der Waals surface area (Å²) in [6.07, 6.45) is 6.12. The molecule has 0 unspecified atom stereocenters. The van der Waals surface area contributed by atoms with Gasteiger partial charge in [-0.05, 0) is 6.42 Å². The minimum atomic E-state index is 0. The fraction of sp³-hybridized carbons (Fsp3) is 0.833. The first kappa shape index (κ1) is 16.0. The van der Waals surface area contributed by atoms with Crippen LogP contribution in [-0.4, -0.2) is 0 Å². The molecular weight excluding hydrogens is 217 g/mol. The minimum Gasteiger partial charge on any atom is -1.00 e. The van der Waals surface area contributed by atoms with Crippen LogP contribution in [0.5, 0.6) is 0 Å². The predicted octanol–water partition coefficient (Wildman–Crippen LogP) is -0.598. The van der Waals surface area contributed by atoms with Crippen LogP contribution in [0.1, 0.15) is 33.1 Å². The molecule has 0 N–H and O–H groups in total. The summed E-state index contributed by atoms with van der Waals surface area (Å²) in [6, 6.07) is 0. The molecule has 2 heteroatoms. The molecule has 0 bridgehead atoms. The maximum atomic E-state index is 2.31. The average molecular weight is 230 g/mol. The molecular formula is C6H13BrZn-. The van der Waals surface area contributed by atoms with E-state index in [1.165, 1.54) is 19.3 Å². The van der Waals surface area contributed by atoms with Crippen LogP contribution >= 0.6 is 0 Å². The van der Waals surface area contributed by atoms with Crippen molar-refractivity contribution in [3.05, 3.63) is 6.42 Å². The molecule has 0 saturated carbocycles. The number of hydrogen-bond donors (Lipinski definition) is 0. The third-order valence-corrected chi connectivity index (χ3v) is 0.781. The van der Waals surface area contributed by atoms with Crippen LogP contribution in [0.3, 0.4) is 0 Å². The molecule has 0 aliphatic carbocycles. The van der Waals surface area contributed by atoms with Gasteiger partial charge in [-0.2, -0.15) is 0 Å². The second-order valence-corrected chi connectivity index (χ2v) is 1.49. The van der Waals surface area contributed by atoms with Crippen LogP contribution in [0.2, 0.25) is 0 Å². The van der Waals surface area contributed by atoms with Gasteiger partial charge in [0.15, 0.2) is 0 Å². The van der Waals surface area contributed by atoms with Crippen molar-refractivity contribution in [3.8, 4) is 0 Å². The van der Waals surface area contributed by atoms with E-state index in [2.05, 4.69) is 20.3 Å². The van der Waals surface area contributed by atoms with Gasteiger partial charge in [-0.3, -0.25) is 0 Å². The van der Waals surface area contributed by atoms with Crippen LogP contribution in [0.4, 0.5) is 0 Å². The summed E-state index contributed by atoms with van der Waals surface area (Å²) in [5.74, 6) is 0. The summed E-state index contributed by atoms with van der Waals surface area (Å²) in [7, 11) is 0. The summed E-state index contributed by atoms with van der Waals surface area (Å²) in [5, 5.41) is 0. The Kier molecular flexibility index (Phi) is 31.5. The molecule has 0 aromatic carbocycles. The van der Waals surface area contributed by atoms with Crippen molar-refractivity contribution in [1.82, 2.24) is 0 Å². The van der Waals surface area contributed by atoms with Crippen molar-refractivity contribution < 1.29 is 36.5 Å². The SMILES string of the molecule is CC[CH]CCC.[Br-].[Zn]. The van der Waals surface area contributed by atoms with Crippen LogP contribution in [0.15, 0.2) is 0 Å². The predicted molar refractivity (Wildman–Crippen MR) is 29.5 cm³/mol. The average Bonchev–Trinajstić information content (AvgIpc) is 1.61. The third kappa shape index (κ3) is 15.7. The molecule has 0 atom stereocenters. The van der Waals surface area contributed by atoms with Gasteiger partial charge in [0.05, 0.1) is 0 Å². The van der Waals surface area contributed by atoms with Crippen molar-refractivity contribution in [2.24, 2.45) is 0 Å². The maximum Gasteiger partial charge on any atom is 0 e. The first-order valence-corrected chi connectivity index (χ1v) is 2.73. The molecule has 0 aromatic rings. The Morgan fingerprint density at radius 3 is 1.88 bits per heavy atom. The van der Waals surface area contributed by atoms with E-state index in [-0.39, 0.29) is 36.5 Å². The van der Waals surface area contributed by atoms with Crippen LogP contribution < -0.4 is 17.0 Å². The van der Waals surface area contributed by atoms with Gasteiger partial charge in [0, 0.05) is 19.5 Å². The second-order valence-electron chi connectivity index (χ2n) is 1.49. The van der Waals surface area contributed by atoms with E-state index in [0.717, 1.165) is 0 Å². The normalized spacial score (nSPS) is 6.75. The molecule has 1 radical (unpaired) electrons. The Bertz CT molecular complexity index is 20.5. The quantitative estimate of drug-likeness (QED) is 0.449. The Morgan fingerprint density at radius 2 is 1.75 bits per heavy atom. The first-order valence-electron chi connectivity index (χ1n) is 2.73. The number of rotatable bonds is 3. The number of hydrogen-bond acceptors (Lipinski definition) is 0. The first-order chi connectivity index (χ1) is 2.91. The molecule has 0 rings (SSSR count). The number of halogens is 1. The molecule has 0 aliphatic heterocycles. The van der Waals surface area contributed by atoms with E-state index < -0.39 is 0 Å². The molecule has 47 valence electrons. The fourth-order valence-electron chi connectivity index (χ4n) is 0.408. The molecule has 0 saturated heterocycles. The summed E-state index contributed by atoms with van der Waals surface area (Å²) in [4.78, 5) is 0. The van der Waals surface area contributed by atoms with E-state index in [1.54, 1.807) is 0 Å². The standard InChI is InChI=1S/C6H13.BrH.Zn/c1-3-5-6-4-2;;/h5H,3-4,6H2,1-2H3;1H;/p-1. The van der Waals surface area contributed by atoms with Crippen molar-refractivity contribution in [2.45, 2.75) is 33.1 Å². The largest absolute Gasteiger partial charge is 1.00 e. The van der Waals surface area contributed by atoms with Crippen molar-refractivity contribution in [1.29, 1.82) is 0 Å². The molecule has 0 heterocycles. The molecule has 8 heavy (non-hydrogen) atoms. The summed E-state index contributed by atoms with van der Waals surface area (Å²) >= 11 is 0. The van der Waals surface area contributed by atoms with E-state index >= 15 is 0 Å². The Labute approximate surface area is 76.0 Å². The fourth-order valence-corrected chi connectivity index (χ4v) is 0.408.